The molecular formula is C14H9BrF2OS. The van der Waals surface area contributed by atoms with Gasteiger partial charge in [-0.1, -0.05) is 27.7 Å². The number of Topliss-reactive ketones (excluding diaryl/α,β-unsaturated/α-hetero) is 1. The Morgan fingerprint density at radius 2 is 1.84 bits per heavy atom. The molecule has 1 nitrogen and oxygen atoms in total. The highest BCUT2D eigenvalue weighted by Crippen LogP contribution is 2.34. The van der Waals surface area contributed by atoms with Gasteiger partial charge in [0.25, 0.3) is 0 Å². The lowest BCUT2D eigenvalue weighted by Gasteiger charge is -2.08. The molecule has 0 saturated carbocycles. The van der Waals surface area contributed by atoms with E-state index in [0.717, 1.165) is 22.3 Å². The first-order valence-corrected chi connectivity index (χ1v) is 7.01. The Labute approximate surface area is 122 Å². The van der Waals surface area contributed by atoms with Crippen molar-refractivity contribution in [1.82, 2.24) is 0 Å². The first-order chi connectivity index (χ1) is 8.97. The fourth-order valence-corrected chi connectivity index (χ4v) is 3.10. The van der Waals surface area contributed by atoms with E-state index in [0.29, 0.717) is 10.5 Å². The first kappa shape index (κ1) is 14.2. The maximum atomic E-state index is 13.6. The number of benzene rings is 2. The number of carbonyl (C=O) groups excluding carboxylic acids is 1. The van der Waals surface area contributed by atoms with Gasteiger partial charge in [-0.25, -0.2) is 8.78 Å². The molecule has 0 aliphatic heterocycles. The van der Waals surface area contributed by atoms with Crippen LogP contribution < -0.4 is 0 Å². The molecule has 0 spiro atoms. The largest absolute Gasteiger partial charge is 0.294 e. The van der Waals surface area contributed by atoms with Crippen LogP contribution in [0.2, 0.25) is 0 Å². The molecule has 0 heterocycles. The van der Waals surface area contributed by atoms with Crippen molar-refractivity contribution in [2.45, 2.75) is 16.7 Å². The van der Waals surface area contributed by atoms with Crippen molar-refractivity contribution >= 4 is 33.5 Å². The van der Waals surface area contributed by atoms with Crippen LogP contribution in [0.3, 0.4) is 0 Å². The molecule has 0 N–H and O–H groups in total. The second kappa shape index (κ2) is 5.84. The molecule has 0 atom stereocenters. The van der Waals surface area contributed by atoms with Gasteiger partial charge in [-0.3, -0.25) is 4.79 Å². The Hall–Kier alpha value is -1.20. The summed E-state index contributed by atoms with van der Waals surface area (Å²) < 4.78 is 27.3. The Morgan fingerprint density at radius 1 is 1.11 bits per heavy atom. The van der Waals surface area contributed by atoms with Crippen LogP contribution in [0.4, 0.5) is 8.78 Å². The smallest absolute Gasteiger partial charge is 0.160 e. The number of halogens is 3. The molecule has 0 aliphatic carbocycles. The van der Waals surface area contributed by atoms with Crippen molar-refractivity contribution in [3.63, 3.8) is 0 Å². The number of ketones is 1. The lowest BCUT2D eigenvalue weighted by molar-refractivity contribution is 0.101. The van der Waals surface area contributed by atoms with Crippen molar-refractivity contribution in [3.05, 3.63) is 58.1 Å². The third kappa shape index (κ3) is 3.42. The van der Waals surface area contributed by atoms with E-state index in [1.54, 1.807) is 18.2 Å². The molecule has 2 rings (SSSR count). The minimum absolute atomic E-state index is 0.0995. The van der Waals surface area contributed by atoms with Crippen molar-refractivity contribution in [1.29, 1.82) is 0 Å². The Morgan fingerprint density at radius 3 is 2.47 bits per heavy atom. The summed E-state index contributed by atoms with van der Waals surface area (Å²) in [7, 11) is 0. The molecule has 5 heteroatoms. The summed E-state index contributed by atoms with van der Waals surface area (Å²) in [6.45, 7) is 1.45. The zero-order valence-corrected chi connectivity index (χ0v) is 12.3. The maximum absolute atomic E-state index is 13.6. The van der Waals surface area contributed by atoms with Crippen LogP contribution in [-0.2, 0) is 0 Å². The zero-order chi connectivity index (χ0) is 14.0. The average Bonchev–Trinajstić information content (AvgIpc) is 2.32. The van der Waals surface area contributed by atoms with Crippen LogP contribution in [0.5, 0.6) is 0 Å². The van der Waals surface area contributed by atoms with E-state index in [2.05, 4.69) is 15.9 Å². The van der Waals surface area contributed by atoms with Gasteiger partial charge in [0, 0.05) is 25.9 Å². The predicted octanol–water partition coefficient (Wildman–Crippen LogP) is 5.08. The van der Waals surface area contributed by atoms with Gasteiger partial charge in [-0.2, -0.15) is 0 Å². The van der Waals surface area contributed by atoms with Gasteiger partial charge in [0.15, 0.2) is 5.78 Å². The SMILES string of the molecule is CC(=O)c1ccc(Br)cc1Sc1ccc(F)cc1F. The molecule has 0 aliphatic rings. The van der Waals surface area contributed by atoms with Gasteiger partial charge < -0.3 is 0 Å². The highest BCUT2D eigenvalue weighted by molar-refractivity contribution is 9.10. The minimum Gasteiger partial charge on any atom is -0.294 e. The van der Waals surface area contributed by atoms with Crippen LogP contribution in [-0.4, -0.2) is 5.78 Å². The highest BCUT2D eigenvalue weighted by Gasteiger charge is 2.12. The molecule has 19 heavy (non-hydrogen) atoms. The second-order valence-electron chi connectivity index (χ2n) is 3.87. The van der Waals surface area contributed by atoms with E-state index >= 15 is 0 Å². The molecule has 0 fully saturated rings. The molecule has 0 radical (unpaired) electrons. The Balaban J connectivity index is 2.42. The number of carbonyl (C=O) groups is 1. The first-order valence-electron chi connectivity index (χ1n) is 5.41. The lowest BCUT2D eigenvalue weighted by Crippen LogP contribution is -1.95. The van der Waals surface area contributed by atoms with E-state index in [4.69, 9.17) is 0 Å². The Bertz CT molecular complexity index is 643. The Kier molecular flexibility index (Phi) is 4.37. The zero-order valence-electron chi connectivity index (χ0n) is 9.91. The number of hydrogen-bond acceptors (Lipinski definition) is 2. The topological polar surface area (TPSA) is 17.1 Å². The van der Waals surface area contributed by atoms with Crippen LogP contribution >= 0.6 is 27.7 Å². The quantitative estimate of drug-likeness (QED) is 0.723. The highest BCUT2D eigenvalue weighted by atomic mass is 79.9. The van der Waals surface area contributed by atoms with Gasteiger partial charge >= 0.3 is 0 Å². The summed E-state index contributed by atoms with van der Waals surface area (Å²) in [5.74, 6) is -1.36. The van der Waals surface area contributed by atoms with Crippen LogP contribution in [0, 0.1) is 11.6 Å². The van der Waals surface area contributed by atoms with E-state index in [9.17, 15) is 13.6 Å². The summed E-state index contributed by atoms with van der Waals surface area (Å²) in [5.41, 5.74) is 0.511. The maximum Gasteiger partial charge on any atom is 0.160 e. The van der Waals surface area contributed by atoms with Gasteiger partial charge in [0.1, 0.15) is 11.6 Å². The molecule has 2 aromatic carbocycles. The van der Waals surface area contributed by atoms with E-state index < -0.39 is 11.6 Å². The van der Waals surface area contributed by atoms with Crippen molar-refractivity contribution < 1.29 is 13.6 Å². The molecule has 2 aromatic rings. The minimum atomic E-state index is -0.639. The van der Waals surface area contributed by atoms with Crippen LogP contribution in [0.1, 0.15) is 17.3 Å². The van der Waals surface area contributed by atoms with Gasteiger partial charge in [-0.15, -0.1) is 0 Å². The summed E-state index contributed by atoms with van der Waals surface area (Å²) >= 11 is 4.41. The molecule has 0 unspecified atom stereocenters. The summed E-state index contributed by atoms with van der Waals surface area (Å²) in [5, 5.41) is 0. The average molecular weight is 343 g/mol. The fourth-order valence-electron chi connectivity index (χ4n) is 1.55. The van der Waals surface area contributed by atoms with Crippen LogP contribution in [0.15, 0.2) is 50.7 Å². The fraction of sp³-hybridized carbons (Fsp3) is 0.0714. The third-order valence-corrected chi connectivity index (χ3v) is 4.04. The molecular weight excluding hydrogens is 334 g/mol. The van der Waals surface area contributed by atoms with Crippen molar-refractivity contribution in [2.75, 3.05) is 0 Å². The monoisotopic (exact) mass is 342 g/mol. The van der Waals surface area contributed by atoms with E-state index in [1.165, 1.54) is 19.1 Å². The van der Waals surface area contributed by atoms with Crippen LogP contribution in [0.25, 0.3) is 0 Å². The summed E-state index contributed by atoms with van der Waals surface area (Å²) in [4.78, 5) is 12.4. The molecule has 0 saturated heterocycles. The lowest BCUT2D eigenvalue weighted by atomic mass is 10.1. The van der Waals surface area contributed by atoms with E-state index in [1.807, 2.05) is 0 Å². The second-order valence-corrected chi connectivity index (χ2v) is 5.87. The van der Waals surface area contributed by atoms with Crippen molar-refractivity contribution in [3.8, 4) is 0 Å². The summed E-state index contributed by atoms with van der Waals surface area (Å²) in [6.07, 6.45) is 0. The third-order valence-electron chi connectivity index (χ3n) is 2.44. The number of hydrogen-bond donors (Lipinski definition) is 0. The van der Waals surface area contributed by atoms with Crippen molar-refractivity contribution in [2.24, 2.45) is 0 Å². The molecule has 0 aromatic heterocycles. The predicted molar refractivity (Wildman–Crippen MR) is 74.6 cm³/mol. The molecule has 98 valence electrons. The van der Waals surface area contributed by atoms with E-state index in [-0.39, 0.29) is 10.7 Å². The normalized spacial score (nSPS) is 10.5. The molecule has 0 bridgehead atoms. The summed E-state index contributed by atoms with van der Waals surface area (Å²) in [6, 6.07) is 8.55. The van der Waals surface area contributed by atoms with Gasteiger partial charge in [0.2, 0.25) is 0 Å². The van der Waals surface area contributed by atoms with Gasteiger partial charge in [0.05, 0.1) is 0 Å². The molecule has 0 amide bonds. The van der Waals surface area contributed by atoms with Gasteiger partial charge in [-0.05, 0) is 37.3 Å². The standard InChI is InChI=1S/C14H9BrF2OS/c1-8(18)11-4-2-9(15)6-14(11)19-13-5-3-10(16)7-12(13)17/h2-7H,1H3. The number of rotatable bonds is 3.